The van der Waals surface area contributed by atoms with E-state index in [9.17, 15) is 0 Å². The smallest absolute Gasteiger partial charge is 0.873 e. The molecular weight excluding hydrogens is 917 g/mol. The molecule has 0 aliphatic heterocycles. The molecule has 20 heteroatoms. The van der Waals surface area contributed by atoms with Crippen LogP contribution in [-0.2, 0) is 43.8 Å². The average molecular weight is 954 g/mol. The molecule has 0 aromatic heterocycles. The summed E-state index contributed by atoms with van der Waals surface area (Å²) in [7, 11) is 0. The van der Waals surface area contributed by atoms with Crippen LogP contribution in [0.15, 0.2) is 48.5 Å². The van der Waals surface area contributed by atoms with Gasteiger partial charge in [0.1, 0.15) is 0 Å². The van der Waals surface area contributed by atoms with Gasteiger partial charge in [0.05, 0.1) is 10.0 Å². The Morgan fingerprint density at radius 3 is 0.833 bits per heavy atom. The van der Waals surface area contributed by atoms with E-state index in [4.69, 9.17) is 102 Å². The van der Waals surface area contributed by atoms with E-state index in [1.807, 2.05) is 42.5 Å². The van der Waals surface area contributed by atoms with Crippen molar-refractivity contribution in [2.24, 2.45) is 0 Å². The number of carboxylic acid groups (broad SMARTS) is 8. The Hall–Kier alpha value is -4.21. The molecule has 0 aliphatic rings. The summed E-state index contributed by atoms with van der Waals surface area (Å²) in [6.07, 6.45) is 0. The second kappa shape index (κ2) is 47.2. The molecule has 17 nitrogen and oxygen atoms in total. The molecule has 0 radical (unpaired) electrons. The standard InChI is InChI=1S/C12H8Cl2.8C2H4O2.H4O.U/c13-11-8-4-7-10(12(11)14)9-5-2-1-3-6-9;8*1-2(3)4;;/h1-8H;8*1H3,(H,3,4);1H4;/q;;;;;;;;;+2;+6/p-8. The van der Waals surface area contributed by atoms with Crippen LogP contribution >= 0.6 is 23.2 Å². The molecular formula is C28H36Cl2O17U. The van der Waals surface area contributed by atoms with Gasteiger partial charge in [-0.15, -0.1) is 0 Å². The first-order valence-electron chi connectivity index (χ1n) is 11.5. The number of aliphatic carboxylic acids is 8. The van der Waals surface area contributed by atoms with E-state index < -0.39 is 47.8 Å². The maximum absolute atomic E-state index is 8.89. The van der Waals surface area contributed by atoms with Crippen molar-refractivity contribution in [3.05, 3.63) is 58.6 Å². The number of halogens is 2. The maximum atomic E-state index is 8.89. The van der Waals surface area contributed by atoms with Crippen LogP contribution in [0.4, 0.5) is 0 Å². The van der Waals surface area contributed by atoms with E-state index in [1.165, 1.54) is 0 Å². The number of benzene rings is 2. The number of carbonyl (C=O) groups is 8. The summed E-state index contributed by atoms with van der Waals surface area (Å²) >= 11 is 12.0. The molecule has 4 N–H and O–H groups in total. The van der Waals surface area contributed by atoms with Gasteiger partial charge < -0.3 is 84.7 Å². The molecule has 2 aromatic rings. The Kier molecular flexibility index (Phi) is 65.1. The summed E-state index contributed by atoms with van der Waals surface area (Å²) in [6, 6.07) is 15.6. The minimum Gasteiger partial charge on any atom is -0.873 e. The number of hydrogen-bond donors (Lipinski definition) is 0. The topological polar surface area (TPSA) is 356 Å². The molecule has 0 saturated heterocycles. The van der Waals surface area contributed by atoms with Crippen LogP contribution in [-0.4, -0.2) is 47.8 Å². The zero-order valence-corrected chi connectivity index (χ0v) is 32.8. The van der Waals surface area contributed by atoms with Crippen molar-refractivity contribution >= 4 is 71.0 Å². The van der Waals surface area contributed by atoms with Gasteiger partial charge in [0.2, 0.25) is 0 Å². The van der Waals surface area contributed by atoms with Gasteiger partial charge in [-0.3, -0.25) is 0 Å². The molecule has 0 heterocycles. The van der Waals surface area contributed by atoms with Crippen LogP contribution in [0.2, 0.25) is 10.0 Å². The monoisotopic (exact) mass is 952 g/mol. The average Bonchev–Trinajstić information content (AvgIpc) is 2.78. The van der Waals surface area contributed by atoms with E-state index in [0.29, 0.717) is 10.0 Å². The Balaban J connectivity index is -0.0000000550. The molecule has 0 saturated carbocycles. The van der Waals surface area contributed by atoms with Gasteiger partial charge in [-0.2, -0.15) is 0 Å². The van der Waals surface area contributed by atoms with Crippen molar-refractivity contribution < 1.29 is 116 Å². The second-order valence-corrected chi connectivity index (χ2v) is 7.69. The third-order valence-corrected chi connectivity index (χ3v) is 2.86. The van der Waals surface area contributed by atoms with Crippen molar-refractivity contribution in [1.82, 2.24) is 0 Å². The van der Waals surface area contributed by atoms with Crippen LogP contribution in [0, 0.1) is 31.1 Å². The van der Waals surface area contributed by atoms with Gasteiger partial charge in [0, 0.05) is 53.3 Å². The summed E-state index contributed by atoms with van der Waals surface area (Å²) in [5, 5.41) is 72.3. The molecule has 0 bridgehead atoms. The summed E-state index contributed by atoms with van der Waals surface area (Å²) in [4.78, 5) is 71.1. The van der Waals surface area contributed by atoms with E-state index in [1.54, 1.807) is 6.07 Å². The predicted octanol–water partition coefficient (Wildman–Crippen LogP) is -6.48. The first-order valence-corrected chi connectivity index (χ1v) is 12.3. The third kappa shape index (κ3) is 146. The predicted molar refractivity (Wildman–Crippen MR) is 154 cm³/mol. The number of carbonyl (C=O) groups excluding carboxylic acids is 8. The van der Waals surface area contributed by atoms with Gasteiger partial charge in [0.15, 0.2) is 0 Å². The minimum absolute atomic E-state index is 0. The zero-order chi connectivity index (χ0) is 38.6. The molecule has 2 rings (SSSR count). The second-order valence-electron chi connectivity index (χ2n) is 6.90. The van der Waals surface area contributed by atoms with Crippen LogP contribution in [0.1, 0.15) is 55.4 Å². The zero-order valence-electron chi connectivity index (χ0n) is 27.1. The first kappa shape index (κ1) is 66.2. The molecule has 48 heavy (non-hydrogen) atoms. The minimum atomic E-state index is -1.08. The van der Waals surface area contributed by atoms with Gasteiger partial charge in [-0.1, -0.05) is 65.7 Å². The number of hydrogen-bond acceptors (Lipinski definition) is 16. The van der Waals surface area contributed by atoms with E-state index >= 15 is 0 Å². The largest absolute Gasteiger partial charge is 6.00 e. The summed E-state index contributed by atoms with van der Waals surface area (Å²) in [5.41, 5.74) is 2.06. The molecule has 0 atom stereocenters. The van der Waals surface area contributed by atoms with Crippen molar-refractivity contribution in [3.63, 3.8) is 0 Å². The Labute approximate surface area is 310 Å². The summed E-state index contributed by atoms with van der Waals surface area (Å²) in [5.74, 6) is -8.67. The Morgan fingerprint density at radius 2 is 0.625 bits per heavy atom. The Morgan fingerprint density at radius 1 is 0.417 bits per heavy atom. The van der Waals surface area contributed by atoms with Gasteiger partial charge in [-0.25, -0.2) is 0 Å². The van der Waals surface area contributed by atoms with Crippen LogP contribution in [0.5, 0.6) is 0 Å². The maximum Gasteiger partial charge on any atom is 6.00 e. The SMILES string of the molecule is CC(=O)[O-].CC(=O)[O-].CC(=O)[O-].CC(=O)[O-].CC(=O)[O-].CC(=O)[O-].CC(=O)[O-].CC(=O)[O-].Clc1cccc(-c2ccccc2)c1Cl.[OH4+2].[U+6]. The van der Waals surface area contributed by atoms with Crippen molar-refractivity contribution in [3.8, 4) is 11.1 Å². The summed E-state index contributed by atoms with van der Waals surface area (Å²) in [6.45, 7) is 7.78. The molecule has 0 unspecified atom stereocenters. The molecule has 0 amide bonds. The van der Waals surface area contributed by atoms with Crippen LogP contribution in [0.25, 0.3) is 11.1 Å². The molecule has 0 fully saturated rings. The van der Waals surface area contributed by atoms with Crippen LogP contribution in [0.3, 0.4) is 0 Å². The van der Waals surface area contributed by atoms with Crippen molar-refractivity contribution in [2.45, 2.75) is 55.4 Å². The first-order chi connectivity index (χ1) is 20.6. The van der Waals surface area contributed by atoms with Crippen molar-refractivity contribution in [2.75, 3.05) is 0 Å². The number of rotatable bonds is 1. The van der Waals surface area contributed by atoms with Crippen LogP contribution < -0.4 is 40.9 Å². The molecule has 0 spiro atoms. The van der Waals surface area contributed by atoms with E-state index in [2.05, 4.69) is 0 Å². The molecule has 0 aliphatic carbocycles. The Bertz CT molecular complexity index is 1000. The van der Waals surface area contributed by atoms with E-state index in [-0.39, 0.29) is 36.6 Å². The fourth-order valence-corrected chi connectivity index (χ4v) is 1.75. The number of carboxylic acids is 8. The van der Waals surface area contributed by atoms with Gasteiger partial charge in [0.25, 0.3) is 0 Å². The van der Waals surface area contributed by atoms with Gasteiger partial charge in [-0.05, 0) is 67.0 Å². The van der Waals surface area contributed by atoms with E-state index in [0.717, 1.165) is 66.5 Å². The molecule has 2 aromatic carbocycles. The quantitative estimate of drug-likeness (QED) is 0.257. The normalized spacial score (nSPS) is 7.12. The van der Waals surface area contributed by atoms with Gasteiger partial charge >= 0.3 is 31.1 Å². The van der Waals surface area contributed by atoms with Crippen molar-refractivity contribution in [1.29, 1.82) is 0 Å². The fourth-order valence-electron chi connectivity index (χ4n) is 1.34. The molecule has 268 valence electrons. The third-order valence-electron chi connectivity index (χ3n) is 2.04. The fraction of sp³-hybridized carbons (Fsp3) is 0.286. The summed E-state index contributed by atoms with van der Waals surface area (Å²) < 4.78 is 0.